The highest BCUT2D eigenvalue weighted by Gasteiger charge is 2.12. The number of halogens is 1. The van der Waals surface area contributed by atoms with Gasteiger partial charge < -0.3 is 16.2 Å². The van der Waals surface area contributed by atoms with Crippen LogP contribution in [0.4, 0.5) is 11.4 Å². The van der Waals surface area contributed by atoms with E-state index < -0.39 is 5.91 Å². The third kappa shape index (κ3) is 3.06. The van der Waals surface area contributed by atoms with E-state index in [9.17, 15) is 9.90 Å². The number of nitrogens with one attached hydrogen (secondary N) is 1. The van der Waals surface area contributed by atoms with E-state index in [0.29, 0.717) is 11.4 Å². The summed E-state index contributed by atoms with van der Waals surface area (Å²) in [6, 6.07) is 9.91. The molecule has 0 unspecified atom stereocenters. The Kier molecular flexibility index (Phi) is 3.76. The number of phenols is 1. The molecule has 2 rings (SSSR count). The van der Waals surface area contributed by atoms with Crippen molar-refractivity contribution < 1.29 is 9.90 Å². The van der Waals surface area contributed by atoms with Gasteiger partial charge in [-0.2, -0.15) is 0 Å². The molecule has 2 aromatic carbocycles. The molecule has 0 aliphatic carbocycles. The fourth-order valence-corrected chi connectivity index (χ4v) is 2.17. The first-order valence-corrected chi connectivity index (χ1v) is 6.42. The summed E-state index contributed by atoms with van der Waals surface area (Å²) in [4.78, 5) is 12.1. The Morgan fingerprint density at radius 1 is 1.26 bits per heavy atom. The molecule has 0 radical (unpaired) electrons. The van der Waals surface area contributed by atoms with Crippen LogP contribution in [0.2, 0.25) is 0 Å². The lowest BCUT2D eigenvalue weighted by atomic mass is 10.1. The number of phenolic OH excluding ortho intramolecular Hbond substituents is 1. The Hall–Kier alpha value is -2.01. The average molecular weight is 321 g/mol. The highest BCUT2D eigenvalue weighted by molar-refractivity contribution is 9.10. The van der Waals surface area contributed by atoms with E-state index in [4.69, 9.17) is 5.73 Å². The number of nitrogen functional groups attached to an aromatic ring is 1. The van der Waals surface area contributed by atoms with Crippen LogP contribution in [0, 0.1) is 6.92 Å². The summed E-state index contributed by atoms with van der Waals surface area (Å²) in [6.45, 7) is 1.89. The summed E-state index contributed by atoms with van der Waals surface area (Å²) in [5.74, 6) is -0.489. The zero-order chi connectivity index (χ0) is 14.0. The zero-order valence-corrected chi connectivity index (χ0v) is 11.9. The molecule has 0 atom stereocenters. The van der Waals surface area contributed by atoms with Gasteiger partial charge in [0.15, 0.2) is 0 Å². The Morgan fingerprint density at radius 2 is 2.00 bits per heavy atom. The lowest BCUT2D eigenvalue weighted by Gasteiger charge is -2.10. The number of aromatic hydroxyl groups is 1. The Balaban J connectivity index is 2.28. The number of rotatable bonds is 2. The van der Waals surface area contributed by atoms with Crippen LogP contribution >= 0.6 is 15.9 Å². The van der Waals surface area contributed by atoms with Gasteiger partial charge in [-0.3, -0.25) is 4.79 Å². The maximum atomic E-state index is 12.1. The van der Waals surface area contributed by atoms with E-state index in [1.54, 1.807) is 6.07 Å². The quantitative estimate of drug-likeness (QED) is 0.587. The second-order valence-corrected chi connectivity index (χ2v) is 5.11. The summed E-state index contributed by atoms with van der Waals surface area (Å²) in [6.07, 6.45) is 0. The fraction of sp³-hybridized carbons (Fsp3) is 0.0714. The Labute approximate surface area is 119 Å². The first-order chi connectivity index (χ1) is 8.97. The minimum atomic E-state index is -0.393. The van der Waals surface area contributed by atoms with Crippen molar-refractivity contribution in [2.75, 3.05) is 11.1 Å². The molecule has 0 fully saturated rings. The number of benzene rings is 2. The highest BCUT2D eigenvalue weighted by atomic mass is 79.9. The molecule has 4 N–H and O–H groups in total. The zero-order valence-electron chi connectivity index (χ0n) is 10.3. The summed E-state index contributed by atoms with van der Waals surface area (Å²) in [5, 5.41) is 12.4. The third-order valence-electron chi connectivity index (χ3n) is 2.70. The summed E-state index contributed by atoms with van der Waals surface area (Å²) in [7, 11) is 0. The lowest BCUT2D eigenvalue weighted by Crippen LogP contribution is -2.13. The molecule has 4 nitrogen and oxygen atoms in total. The number of carbonyl (C=O) groups is 1. The van der Waals surface area contributed by atoms with Gasteiger partial charge in [-0.05, 0) is 48.9 Å². The van der Waals surface area contributed by atoms with Crippen LogP contribution in [0.5, 0.6) is 5.75 Å². The predicted octanol–water partition coefficient (Wildman–Crippen LogP) is 3.30. The average Bonchev–Trinajstić information content (AvgIpc) is 2.35. The van der Waals surface area contributed by atoms with E-state index in [1.165, 1.54) is 18.2 Å². The van der Waals surface area contributed by atoms with Gasteiger partial charge in [0, 0.05) is 15.8 Å². The molecule has 0 bridgehead atoms. The van der Waals surface area contributed by atoms with Crippen LogP contribution in [-0.2, 0) is 0 Å². The minimum Gasteiger partial charge on any atom is -0.507 e. The molecule has 5 heteroatoms. The van der Waals surface area contributed by atoms with Crippen molar-refractivity contribution >= 4 is 33.2 Å². The molecule has 0 saturated heterocycles. The third-order valence-corrected chi connectivity index (χ3v) is 3.20. The second kappa shape index (κ2) is 5.32. The van der Waals surface area contributed by atoms with Gasteiger partial charge >= 0.3 is 0 Å². The Bertz CT molecular complexity index is 641. The van der Waals surface area contributed by atoms with E-state index in [1.807, 2.05) is 19.1 Å². The first kappa shape index (κ1) is 13.4. The molecule has 19 heavy (non-hydrogen) atoms. The molecule has 0 aliphatic heterocycles. The molecule has 0 aromatic heterocycles. The molecular weight excluding hydrogens is 308 g/mol. The molecule has 0 aliphatic rings. The minimum absolute atomic E-state index is 0.0959. The lowest BCUT2D eigenvalue weighted by molar-refractivity contribution is 0.102. The van der Waals surface area contributed by atoms with Gasteiger partial charge in [0.05, 0.1) is 5.56 Å². The van der Waals surface area contributed by atoms with Gasteiger partial charge in [0.2, 0.25) is 0 Å². The van der Waals surface area contributed by atoms with Gasteiger partial charge in [0.25, 0.3) is 5.91 Å². The Morgan fingerprint density at radius 3 is 2.68 bits per heavy atom. The van der Waals surface area contributed by atoms with Gasteiger partial charge in [-0.15, -0.1) is 0 Å². The largest absolute Gasteiger partial charge is 0.507 e. The van der Waals surface area contributed by atoms with Crippen LogP contribution in [0.1, 0.15) is 15.9 Å². The van der Waals surface area contributed by atoms with E-state index >= 15 is 0 Å². The van der Waals surface area contributed by atoms with Crippen molar-refractivity contribution in [1.82, 2.24) is 0 Å². The van der Waals surface area contributed by atoms with E-state index in [0.717, 1.165) is 10.0 Å². The van der Waals surface area contributed by atoms with Crippen LogP contribution in [0.3, 0.4) is 0 Å². The van der Waals surface area contributed by atoms with Crippen molar-refractivity contribution in [3.8, 4) is 5.75 Å². The van der Waals surface area contributed by atoms with Crippen LogP contribution in [0.25, 0.3) is 0 Å². The molecule has 0 heterocycles. The number of nitrogens with two attached hydrogens (primary N) is 1. The first-order valence-electron chi connectivity index (χ1n) is 5.63. The smallest absolute Gasteiger partial charge is 0.259 e. The number of anilines is 2. The molecule has 2 aromatic rings. The van der Waals surface area contributed by atoms with Crippen molar-refractivity contribution in [3.05, 3.63) is 52.0 Å². The second-order valence-electron chi connectivity index (χ2n) is 4.19. The molecule has 0 spiro atoms. The molecule has 1 amide bonds. The number of amides is 1. The van der Waals surface area contributed by atoms with Gasteiger partial charge in [-0.1, -0.05) is 15.9 Å². The van der Waals surface area contributed by atoms with Crippen molar-refractivity contribution in [2.24, 2.45) is 0 Å². The topological polar surface area (TPSA) is 75.4 Å². The van der Waals surface area contributed by atoms with Crippen molar-refractivity contribution in [2.45, 2.75) is 6.92 Å². The van der Waals surface area contributed by atoms with Gasteiger partial charge in [-0.25, -0.2) is 0 Å². The van der Waals surface area contributed by atoms with Crippen molar-refractivity contribution in [1.29, 1.82) is 0 Å². The van der Waals surface area contributed by atoms with Crippen LogP contribution in [0.15, 0.2) is 40.9 Å². The maximum Gasteiger partial charge on any atom is 0.259 e. The molecule has 0 saturated carbocycles. The van der Waals surface area contributed by atoms with E-state index in [2.05, 4.69) is 21.2 Å². The van der Waals surface area contributed by atoms with Crippen LogP contribution in [-0.4, -0.2) is 11.0 Å². The fourth-order valence-electron chi connectivity index (χ4n) is 1.69. The SMILES string of the molecule is Cc1cc(Br)ccc1NC(=O)c1cc(N)ccc1O. The molecule has 98 valence electrons. The number of hydrogen-bond donors (Lipinski definition) is 3. The predicted molar refractivity (Wildman–Crippen MR) is 79.4 cm³/mol. The number of carbonyl (C=O) groups excluding carboxylic acids is 1. The van der Waals surface area contributed by atoms with E-state index in [-0.39, 0.29) is 11.3 Å². The van der Waals surface area contributed by atoms with Crippen LogP contribution < -0.4 is 11.1 Å². The maximum absolute atomic E-state index is 12.1. The number of hydrogen-bond acceptors (Lipinski definition) is 3. The highest BCUT2D eigenvalue weighted by Crippen LogP contribution is 2.24. The summed E-state index contributed by atoms with van der Waals surface area (Å²) < 4.78 is 0.940. The normalized spacial score (nSPS) is 10.2. The summed E-state index contributed by atoms with van der Waals surface area (Å²) >= 11 is 3.36. The molecular formula is C14H13BrN2O2. The monoisotopic (exact) mass is 320 g/mol. The van der Waals surface area contributed by atoms with Crippen molar-refractivity contribution in [3.63, 3.8) is 0 Å². The number of aryl methyl sites for hydroxylation is 1. The summed E-state index contributed by atoms with van der Waals surface area (Å²) in [5.41, 5.74) is 7.80. The standard InChI is InChI=1S/C14H13BrN2O2/c1-8-6-9(15)2-4-12(8)17-14(19)11-7-10(16)3-5-13(11)18/h2-7,18H,16H2,1H3,(H,17,19). The van der Waals surface area contributed by atoms with Gasteiger partial charge in [0.1, 0.15) is 5.75 Å².